The molecule has 27 heavy (non-hydrogen) atoms. The van der Waals surface area contributed by atoms with Crippen LogP contribution in [0.25, 0.3) is 0 Å². The van der Waals surface area contributed by atoms with Gasteiger partial charge in [-0.2, -0.15) is 0 Å². The minimum Gasteiger partial charge on any atom is -0.374 e. The molecular formula is C22H31ClN2O2. The summed E-state index contributed by atoms with van der Waals surface area (Å²) in [7, 11) is 0. The molecular weight excluding hydrogens is 360 g/mol. The molecule has 0 atom stereocenters. The molecule has 148 valence electrons. The highest BCUT2D eigenvalue weighted by molar-refractivity contribution is 6.30. The summed E-state index contributed by atoms with van der Waals surface area (Å²) < 4.78 is 6.33. The van der Waals surface area contributed by atoms with Crippen molar-refractivity contribution < 1.29 is 9.53 Å². The van der Waals surface area contributed by atoms with Crippen LogP contribution in [0.4, 0.5) is 4.79 Å². The number of likely N-dealkylation sites (tertiary alicyclic amines) is 2. The van der Waals surface area contributed by atoms with Crippen LogP contribution in [-0.2, 0) is 10.2 Å². The molecule has 2 saturated heterocycles. The summed E-state index contributed by atoms with van der Waals surface area (Å²) in [6.45, 7) is 4.07. The molecule has 5 heteroatoms. The van der Waals surface area contributed by atoms with E-state index in [0.717, 1.165) is 50.7 Å². The minimum atomic E-state index is 0.111. The van der Waals surface area contributed by atoms with Crippen molar-refractivity contribution in [1.29, 1.82) is 0 Å². The van der Waals surface area contributed by atoms with Gasteiger partial charge in [-0.25, -0.2) is 4.79 Å². The lowest BCUT2D eigenvalue weighted by Crippen LogP contribution is -2.59. The van der Waals surface area contributed by atoms with E-state index in [1.165, 1.54) is 44.1 Å². The molecule has 0 unspecified atom stereocenters. The van der Waals surface area contributed by atoms with Gasteiger partial charge in [0.25, 0.3) is 0 Å². The number of carbonyl (C=O) groups excluding carboxylic acids is 1. The number of hydrogen-bond acceptors (Lipinski definition) is 2. The Morgan fingerprint density at radius 3 is 2.26 bits per heavy atom. The second-order valence-electron chi connectivity index (χ2n) is 8.52. The van der Waals surface area contributed by atoms with Gasteiger partial charge in [0, 0.05) is 23.5 Å². The summed E-state index contributed by atoms with van der Waals surface area (Å²) in [4.78, 5) is 16.5. The standard InChI is InChI=1S/C22H31ClN2O2/c23-19-9-7-18(8-10-19)22(11-3-1-4-12-22)17-27-20-15-25(16-20)21(26)24-13-5-2-6-14-24/h7-10,20H,1-6,11-17H2. The summed E-state index contributed by atoms with van der Waals surface area (Å²) in [5.41, 5.74) is 1.47. The van der Waals surface area contributed by atoms with Crippen LogP contribution in [0.1, 0.15) is 56.9 Å². The van der Waals surface area contributed by atoms with E-state index in [4.69, 9.17) is 16.3 Å². The largest absolute Gasteiger partial charge is 0.374 e. The quantitative estimate of drug-likeness (QED) is 0.736. The first-order valence-electron chi connectivity index (χ1n) is 10.6. The molecule has 0 bridgehead atoms. The van der Waals surface area contributed by atoms with E-state index in [1.54, 1.807) is 0 Å². The first kappa shape index (κ1) is 19.1. The van der Waals surface area contributed by atoms with Crippen LogP contribution in [0.15, 0.2) is 24.3 Å². The third kappa shape index (κ3) is 4.27. The Hall–Kier alpha value is -1.26. The van der Waals surface area contributed by atoms with Gasteiger partial charge < -0.3 is 14.5 Å². The maximum Gasteiger partial charge on any atom is 0.320 e. The predicted octanol–water partition coefficient (Wildman–Crippen LogP) is 4.85. The first-order valence-corrected chi connectivity index (χ1v) is 11.0. The summed E-state index contributed by atoms with van der Waals surface area (Å²) in [6.07, 6.45) is 9.91. The fourth-order valence-electron chi connectivity index (χ4n) is 4.81. The summed E-state index contributed by atoms with van der Waals surface area (Å²) >= 11 is 6.09. The van der Waals surface area contributed by atoms with E-state index in [0.29, 0.717) is 0 Å². The summed E-state index contributed by atoms with van der Waals surface area (Å²) in [5, 5.41) is 0.788. The highest BCUT2D eigenvalue weighted by Crippen LogP contribution is 2.40. The molecule has 0 radical (unpaired) electrons. The zero-order valence-electron chi connectivity index (χ0n) is 16.2. The van der Waals surface area contributed by atoms with Crippen molar-refractivity contribution in [2.75, 3.05) is 32.8 Å². The SMILES string of the molecule is O=C(N1CCCCC1)N1CC(OCC2(c3ccc(Cl)cc3)CCCCC2)C1. The molecule has 2 heterocycles. The van der Waals surface area contributed by atoms with Crippen LogP contribution in [0, 0.1) is 0 Å². The van der Waals surface area contributed by atoms with Gasteiger partial charge >= 0.3 is 6.03 Å². The molecule has 0 N–H and O–H groups in total. The number of halogens is 1. The van der Waals surface area contributed by atoms with E-state index >= 15 is 0 Å². The summed E-state index contributed by atoms with van der Waals surface area (Å²) in [6, 6.07) is 8.54. The maximum absolute atomic E-state index is 12.5. The first-order chi connectivity index (χ1) is 13.2. The van der Waals surface area contributed by atoms with Gasteiger partial charge in [0.15, 0.2) is 0 Å². The number of carbonyl (C=O) groups is 1. The molecule has 2 amide bonds. The van der Waals surface area contributed by atoms with Crippen molar-refractivity contribution in [3.05, 3.63) is 34.9 Å². The average Bonchev–Trinajstić information content (AvgIpc) is 2.68. The van der Waals surface area contributed by atoms with Gasteiger partial charge in [0.1, 0.15) is 0 Å². The third-order valence-electron chi connectivity index (χ3n) is 6.61. The lowest BCUT2D eigenvalue weighted by molar-refractivity contribution is -0.0642. The Balaban J connectivity index is 1.31. The number of benzene rings is 1. The molecule has 4 rings (SSSR count). The summed E-state index contributed by atoms with van der Waals surface area (Å²) in [5.74, 6) is 0. The number of amides is 2. The lowest BCUT2D eigenvalue weighted by atomic mass is 9.70. The smallest absolute Gasteiger partial charge is 0.320 e. The number of rotatable bonds is 4. The van der Waals surface area contributed by atoms with Crippen molar-refractivity contribution in [3.8, 4) is 0 Å². The monoisotopic (exact) mass is 390 g/mol. The Kier molecular flexibility index (Phi) is 5.93. The zero-order valence-corrected chi connectivity index (χ0v) is 16.9. The molecule has 3 aliphatic rings. The van der Waals surface area contributed by atoms with Gasteiger partial charge in [-0.15, -0.1) is 0 Å². The van der Waals surface area contributed by atoms with Gasteiger partial charge in [-0.3, -0.25) is 0 Å². The number of nitrogens with zero attached hydrogens (tertiary/aromatic N) is 2. The Bertz CT molecular complexity index is 630. The highest BCUT2D eigenvalue weighted by Gasteiger charge is 2.39. The van der Waals surface area contributed by atoms with Crippen molar-refractivity contribution >= 4 is 17.6 Å². The van der Waals surface area contributed by atoms with Crippen LogP contribution in [0.5, 0.6) is 0 Å². The van der Waals surface area contributed by atoms with Crippen LogP contribution < -0.4 is 0 Å². The maximum atomic E-state index is 12.5. The molecule has 1 saturated carbocycles. The van der Waals surface area contributed by atoms with Gasteiger partial charge in [-0.05, 0) is 49.8 Å². The Morgan fingerprint density at radius 2 is 1.59 bits per heavy atom. The topological polar surface area (TPSA) is 32.8 Å². The minimum absolute atomic E-state index is 0.111. The number of hydrogen-bond donors (Lipinski definition) is 0. The molecule has 0 spiro atoms. The molecule has 2 aliphatic heterocycles. The second kappa shape index (κ2) is 8.40. The predicted molar refractivity (Wildman–Crippen MR) is 108 cm³/mol. The van der Waals surface area contributed by atoms with Crippen molar-refractivity contribution in [1.82, 2.24) is 9.80 Å². The highest BCUT2D eigenvalue weighted by atomic mass is 35.5. The molecule has 1 aromatic carbocycles. The number of ether oxygens (including phenoxy) is 1. The Labute approximate surface area is 167 Å². The normalized spacial score (nSPS) is 23.1. The third-order valence-corrected chi connectivity index (χ3v) is 6.86. The zero-order chi connectivity index (χ0) is 18.7. The number of piperidine rings is 1. The fourth-order valence-corrected chi connectivity index (χ4v) is 4.94. The van der Waals surface area contributed by atoms with Gasteiger partial charge in [-0.1, -0.05) is 43.0 Å². The van der Waals surface area contributed by atoms with Crippen molar-refractivity contribution in [2.45, 2.75) is 62.9 Å². The molecule has 3 fully saturated rings. The van der Waals surface area contributed by atoms with Gasteiger partial charge in [0.2, 0.25) is 0 Å². The molecule has 0 aromatic heterocycles. The average molecular weight is 391 g/mol. The lowest BCUT2D eigenvalue weighted by Gasteiger charge is -2.45. The van der Waals surface area contributed by atoms with Crippen molar-refractivity contribution in [3.63, 3.8) is 0 Å². The van der Waals surface area contributed by atoms with Crippen molar-refractivity contribution in [2.24, 2.45) is 0 Å². The van der Waals surface area contributed by atoms with Gasteiger partial charge in [0.05, 0.1) is 25.8 Å². The van der Waals surface area contributed by atoms with Crippen LogP contribution in [0.3, 0.4) is 0 Å². The molecule has 1 aromatic rings. The van der Waals surface area contributed by atoms with E-state index < -0.39 is 0 Å². The van der Waals surface area contributed by atoms with E-state index in [1.807, 2.05) is 21.9 Å². The van der Waals surface area contributed by atoms with E-state index in [2.05, 4.69) is 12.1 Å². The van der Waals surface area contributed by atoms with E-state index in [-0.39, 0.29) is 17.6 Å². The molecule has 1 aliphatic carbocycles. The van der Waals surface area contributed by atoms with Crippen LogP contribution in [-0.4, -0.2) is 54.7 Å². The number of urea groups is 1. The Morgan fingerprint density at radius 1 is 0.963 bits per heavy atom. The van der Waals surface area contributed by atoms with Crippen LogP contribution in [0.2, 0.25) is 5.02 Å². The second-order valence-corrected chi connectivity index (χ2v) is 8.95. The molecule has 4 nitrogen and oxygen atoms in total. The van der Waals surface area contributed by atoms with Crippen LogP contribution >= 0.6 is 11.6 Å². The van der Waals surface area contributed by atoms with E-state index in [9.17, 15) is 4.79 Å². The fraction of sp³-hybridized carbons (Fsp3) is 0.682.